The van der Waals surface area contributed by atoms with Crippen LogP contribution in [0.25, 0.3) is 0 Å². The van der Waals surface area contributed by atoms with Gasteiger partial charge in [0, 0.05) is 30.8 Å². The normalized spacial score (nSPS) is 49.3. The lowest BCUT2D eigenvalue weighted by molar-refractivity contribution is 0.317. The van der Waals surface area contributed by atoms with Crippen LogP contribution in [0.5, 0.6) is 0 Å². The Morgan fingerprint density at radius 1 is 1.83 bits per heavy atom. The van der Waals surface area contributed by atoms with E-state index in [4.69, 9.17) is 12.3 Å². The Morgan fingerprint density at radius 3 is 3.58 bits per heavy atom. The van der Waals surface area contributed by atoms with Gasteiger partial charge in [-0.3, -0.25) is 9.88 Å². The molecule has 0 bridgehead atoms. The molecule has 1 atom stereocenters. The first-order valence-electron chi connectivity index (χ1n) is 8.04. The molecule has 0 saturated carbocycles. The van der Waals surface area contributed by atoms with Gasteiger partial charge in [-0.25, -0.2) is 0 Å². The fourth-order valence-electron chi connectivity index (χ4n) is 1.06. The number of hydrogen-bond acceptors (Lipinski definition) is 2. The number of hydrogen-bond donors (Lipinski definition) is 0. The second-order valence-corrected chi connectivity index (χ2v) is 2.44. The number of rotatable bonds is 1. The van der Waals surface area contributed by atoms with Gasteiger partial charge < -0.3 is 0 Å². The van der Waals surface area contributed by atoms with Crippen LogP contribution >= 0.6 is 0 Å². The maximum absolute atomic E-state index is 7.98. The minimum absolute atomic E-state index is 0.115. The van der Waals surface area contributed by atoms with Crippen molar-refractivity contribution >= 4 is 0 Å². The van der Waals surface area contributed by atoms with Gasteiger partial charge in [0.15, 0.2) is 0 Å². The lowest BCUT2D eigenvalue weighted by atomic mass is 10.1. The minimum atomic E-state index is -3.01. The topological polar surface area (TPSA) is 16.1 Å². The van der Waals surface area contributed by atoms with Crippen LogP contribution in [0.15, 0.2) is 24.5 Å². The first-order valence-corrected chi connectivity index (χ1v) is 3.54. The minimum Gasteiger partial charge on any atom is -0.299 e. The van der Waals surface area contributed by atoms with Crippen molar-refractivity contribution in [1.82, 2.24) is 9.88 Å². The van der Waals surface area contributed by atoms with Crippen LogP contribution in [0.3, 0.4) is 0 Å². The summed E-state index contributed by atoms with van der Waals surface area (Å²) >= 11 is 0. The molecule has 2 nitrogen and oxygen atoms in total. The molecule has 1 aliphatic rings. The molecule has 0 amide bonds. The predicted octanol–water partition coefficient (Wildman–Crippen LogP) is 1.85. The van der Waals surface area contributed by atoms with Gasteiger partial charge in [-0.15, -0.1) is 0 Å². The SMILES string of the molecule is [2H]C([2H])([2H])N1[C@H](c2cccnc2)C([2H])([2H])C([2H])([2H])C1([2H])[2H]. The molecule has 1 aromatic rings. The molecule has 2 rings (SSSR count). The van der Waals surface area contributed by atoms with Crippen LogP contribution in [0, 0.1) is 0 Å². The molecule has 0 spiro atoms. The highest BCUT2D eigenvalue weighted by Crippen LogP contribution is 2.29. The highest BCUT2D eigenvalue weighted by Gasteiger charge is 2.21. The molecule has 0 aromatic carbocycles. The van der Waals surface area contributed by atoms with E-state index in [1.165, 1.54) is 24.5 Å². The Bertz CT molecular complexity index is 525. The third-order valence-electron chi connectivity index (χ3n) is 1.64. The summed E-state index contributed by atoms with van der Waals surface area (Å²) in [6.45, 7) is -6.00. The van der Waals surface area contributed by atoms with E-state index in [0.717, 1.165) is 0 Å². The number of pyridine rings is 1. The maximum atomic E-state index is 7.98. The molecule has 1 aliphatic heterocycles. The van der Waals surface area contributed by atoms with E-state index in [2.05, 4.69) is 4.98 Å². The number of aromatic nitrogens is 1. The third-order valence-corrected chi connectivity index (χ3v) is 1.64. The van der Waals surface area contributed by atoms with Crippen LogP contribution in [-0.2, 0) is 0 Å². The van der Waals surface area contributed by atoms with E-state index in [-0.39, 0.29) is 10.5 Å². The Balaban J connectivity index is 2.70. The van der Waals surface area contributed by atoms with E-state index in [0.29, 0.717) is 0 Å². The second kappa shape index (κ2) is 3.23. The Kier molecular flexibility index (Phi) is 0.687. The van der Waals surface area contributed by atoms with Crippen LogP contribution in [-0.4, -0.2) is 23.4 Å². The van der Waals surface area contributed by atoms with E-state index < -0.39 is 32.3 Å². The van der Waals surface area contributed by atoms with Crippen molar-refractivity contribution in [2.75, 3.05) is 13.5 Å². The van der Waals surface area contributed by atoms with Crippen LogP contribution < -0.4 is 0 Å². The maximum Gasteiger partial charge on any atom is 0.0431 e. The molecule has 0 aliphatic carbocycles. The van der Waals surface area contributed by atoms with Gasteiger partial charge in [-0.1, -0.05) is 6.07 Å². The van der Waals surface area contributed by atoms with Gasteiger partial charge in [0.25, 0.3) is 0 Å². The standard InChI is InChI=1S/C10H14N2/c1-12-7-3-5-10(12)9-4-2-6-11-8-9/h2,4,6,8,10H,3,5,7H2,1H3/t10-/m0/s1/i1D3,3D2,5D2,7D2. The molecule has 12 heavy (non-hydrogen) atoms. The average molecular weight is 171 g/mol. The van der Waals surface area contributed by atoms with Crippen LogP contribution in [0.2, 0.25) is 0 Å². The highest BCUT2D eigenvalue weighted by molar-refractivity contribution is 5.14. The molecule has 1 fully saturated rings. The molecule has 64 valence electrons. The summed E-state index contributed by atoms with van der Waals surface area (Å²) in [5.41, 5.74) is 0.115. The smallest absolute Gasteiger partial charge is 0.0431 e. The fraction of sp³-hybridized carbons (Fsp3) is 0.500. The summed E-state index contributed by atoms with van der Waals surface area (Å²) in [5, 5.41) is 0. The van der Waals surface area contributed by atoms with E-state index in [1.807, 2.05) is 0 Å². The molecule has 2 heterocycles. The molecule has 2 heteroatoms. The third kappa shape index (κ3) is 1.34. The van der Waals surface area contributed by atoms with Gasteiger partial charge in [-0.2, -0.15) is 0 Å². The van der Waals surface area contributed by atoms with Crippen molar-refractivity contribution < 1.29 is 12.3 Å². The quantitative estimate of drug-likeness (QED) is 0.641. The molecule has 0 unspecified atom stereocenters. The lowest BCUT2D eigenvalue weighted by Crippen LogP contribution is -2.17. The van der Waals surface area contributed by atoms with E-state index in [1.54, 1.807) is 0 Å². The molecular weight excluding hydrogens is 148 g/mol. The van der Waals surface area contributed by atoms with Crippen LogP contribution in [0.1, 0.15) is 36.7 Å². The Labute approximate surface area is 85.9 Å². The molecule has 1 aromatic heterocycles. The number of likely N-dealkylation sites (tertiary alicyclic amines) is 1. The van der Waals surface area contributed by atoms with Gasteiger partial charge in [0.2, 0.25) is 0 Å². The molecule has 0 radical (unpaired) electrons. The molecule has 0 N–H and O–H groups in total. The zero-order valence-corrected chi connectivity index (χ0v) is 6.28. The fourth-order valence-corrected chi connectivity index (χ4v) is 1.06. The Hall–Kier alpha value is -0.890. The largest absolute Gasteiger partial charge is 0.299 e. The van der Waals surface area contributed by atoms with Gasteiger partial charge in [0.05, 0.1) is 0 Å². The highest BCUT2D eigenvalue weighted by atomic mass is 15.1. The summed E-state index contributed by atoms with van der Waals surface area (Å²) in [6.07, 6.45) is -3.11. The summed E-state index contributed by atoms with van der Waals surface area (Å²) in [7, 11) is 0. The molecular formula is C10H14N2. The van der Waals surface area contributed by atoms with Crippen molar-refractivity contribution in [3.63, 3.8) is 0 Å². The van der Waals surface area contributed by atoms with Gasteiger partial charge >= 0.3 is 0 Å². The first kappa shape index (κ1) is 2.55. The van der Waals surface area contributed by atoms with Crippen molar-refractivity contribution in [2.45, 2.75) is 18.8 Å². The lowest BCUT2D eigenvalue weighted by Gasteiger charge is -2.18. The van der Waals surface area contributed by atoms with Crippen molar-refractivity contribution in [3.05, 3.63) is 30.1 Å². The van der Waals surface area contributed by atoms with E-state index >= 15 is 0 Å². The van der Waals surface area contributed by atoms with Crippen molar-refractivity contribution in [2.24, 2.45) is 0 Å². The first-order chi connectivity index (χ1) is 9.35. The van der Waals surface area contributed by atoms with Crippen LogP contribution in [0.4, 0.5) is 0 Å². The second-order valence-electron chi connectivity index (χ2n) is 2.44. The zero-order chi connectivity index (χ0) is 16.3. The van der Waals surface area contributed by atoms with E-state index in [9.17, 15) is 0 Å². The van der Waals surface area contributed by atoms with Gasteiger partial charge in [0.1, 0.15) is 0 Å². The summed E-state index contributed by atoms with van der Waals surface area (Å²) in [6, 6.07) is 1.27. The van der Waals surface area contributed by atoms with Crippen molar-refractivity contribution in [1.29, 1.82) is 0 Å². The predicted molar refractivity (Wildman–Crippen MR) is 48.8 cm³/mol. The summed E-state index contributed by atoms with van der Waals surface area (Å²) < 4.78 is 69.7. The van der Waals surface area contributed by atoms with Crippen molar-refractivity contribution in [3.8, 4) is 0 Å². The molecule has 1 saturated heterocycles. The Morgan fingerprint density at radius 2 is 2.83 bits per heavy atom. The van der Waals surface area contributed by atoms with Gasteiger partial charge in [-0.05, 0) is 37.8 Å². The number of nitrogens with zero attached hydrogens (tertiary/aromatic N) is 2. The monoisotopic (exact) mass is 171 g/mol. The summed E-state index contributed by atoms with van der Waals surface area (Å²) in [5.74, 6) is 0. The average Bonchev–Trinajstić information content (AvgIpc) is 2.44. The summed E-state index contributed by atoms with van der Waals surface area (Å²) in [4.78, 5) is 4.07. The zero-order valence-electron chi connectivity index (χ0n) is 15.3.